The number of fused-ring (bicyclic) bond motifs is 42. The standard InChI is InChI=1S/2C38H26.2C36H24/c1-25-10-8-11-28(24-25)26-20-22-27(23-21-26)29-15-9-16-33-32-14-4-7-19-36(32)38(37(29)33)34-17-5-2-12-30(34)31-13-3-6-18-35(31)38;1-25-17-19-26(20-18-25)27-21-23-28(24-22-27)29-12-8-13-33-32-11-4-7-16-36(32)38(37(29)33)34-14-5-2-9-30(34)31-10-3-6-15-35(31)38;1-23-17-18-25-22-26(20-19-24(25)21-23)27-12-8-13-31-30-11-4-7-16-34(30)36(35(27)31)32-14-5-2-9-28(32)29-10-3-6-15-33(29)36;1-23-21-22-26(25-12-3-2-11-24(23)25)30-16-10-17-31-29-15-6-9-20-34(29)36(35(30)31)32-18-7-4-13-27(32)28-14-5-8-19-33(28)36/h2*2-24H,1H3;2*2-22H,1H3. The second-order valence-electron chi connectivity index (χ2n) is 41.4. The van der Waals surface area contributed by atoms with Gasteiger partial charge in [0.1, 0.15) is 0 Å². The fraction of sp³-hybridized carbons (Fsp3) is 0.0541. The van der Waals surface area contributed by atoms with Crippen molar-refractivity contribution < 1.29 is 0 Å². The Bertz CT molecular complexity index is 9390. The molecule has 8 aliphatic rings. The van der Waals surface area contributed by atoms with Crippen LogP contribution in [0.15, 0.2) is 534 Å². The van der Waals surface area contributed by atoms with E-state index in [1.165, 1.54) is 289 Å². The molecule has 692 valence electrons. The topological polar surface area (TPSA) is 0 Å². The summed E-state index contributed by atoms with van der Waals surface area (Å²) in [6.45, 7) is 8.66. The first-order chi connectivity index (χ1) is 73.1. The third-order valence-electron chi connectivity index (χ3n) is 33.9. The van der Waals surface area contributed by atoms with Crippen molar-refractivity contribution in [3.05, 3.63) is 645 Å². The van der Waals surface area contributed by atoms with E-state index in [9.17, 15) is 0 Å². The molecule has 0 heterocycles. The van der Waals surface area contributed by atoms with Gasteiger partial charge in [-0.05, 0) is 306 Å². The smallest absolute Gasteiger partial charge is 0.0619 e. The van der Waals surface area contributed by atoms with E-state index in [0.717, 1.165) is 0 Å². The first-order valence-corrected chi connectivity index (χ1v) is 52.2. The molecule has 0 saturated carbocycles. The van der Waals surface area contributed by atoms with Gasteiger partial charge in [-0.3, -0.25) is 0 Å². The average Bonchev–Trinajstić information content (AvgIpc) is 1.52. The molecule has 0 atom stereocenters. The van der Waals surface area contributed by atoms with Crippen LogP contribution in [0.2, 0.25) is 0 Å². The van der Waals surface area contributed by atoms with Crippen LogP contribution in [0.3, 0.4) is 0 Å². The van der Waals surface area contributed by atoms with E-state index in [1.807, 2.05) is 0 Å². The summed E-state index contributed by atoms with van der Waals surface area (Å²) in [7, 11) is 0. The van der Waals surface area contributed by atoms with Gasteiger partial charge in [0, 0.05) is 0 Å². The Morgan fingerprint density at radius 2 is 0.331 bits per heavy atom. The van der Waals surface area contributed by atoms with Crippen LogP contribution >= 0.6 is 0 Å². The summed E-state index contributed by atoms with van der Waals surface area (Å²) in [6, 6.07) is 199. The third kappa shape index (κ3) is 12.4. The molecule has 0 fully saturated rings. The molecule has 0 bridgehead atoms. The fourth-order valence-electron chi connectivity index (χ4n) is 28.0. The van der Waals surface area contributed by atoms with Gasteiger partial charge < -0.3 is 0 Å². The summed E-state index contributed by atoms with van der Waals surface area (Å²) in [4.78, 5) is 0. The summed E-state index contributed by atoms with van der Waals surface area (Å²) in [5, 5.41) is 5.22. The highest BCUT2D eigenvalue weighted by Crippen LogP contribution is 2.70. The van der Waals surface area contributed by atoms with E-state index >= 15 is 0 Å². The van der Waals surface area contributed by atoms with E-state index in [2.05, 4.69) is 562 Å². The van der Waals surface area contributed by atoms with Crippen LogP contribution in [-0.4, -0.2) is 0 Å². The van der Waals surface area contributed by atoms with E-state index < -0.39 is 0 Å². The maximum atomic E-state index is 2.37. The van der Waals surface area contributed by atoms with Crippen molar-refractivity contribution in [2.24, 2.45) is 0 Å². The monoisotopic (exact) mass is 1880 g/mol. The summed E-state index contributed by atoms with van der Waals surface area (Å²) in [5.41, 5.74) is 63.0. The fourth-order valence-corrected chi connectivity index (χ4v) is 28.0. The number of hydrogen-bond donors (Lipinski definition) is 0. The van der Waals surface area contributed by atoms with Crippen LogP contribution in [0.5, 0.6) is 0 Å². The molecule has 8 aliphatic carbocycles. The quantitative estimate of drug-likeness (QED) is 0.156. The molecule has 0 N–H and O–H groups in total. The van der Waals surface area contributed by atoms with Gasteiger partial charge in [-0.15, -0.1) is 0 Å². The maximum absolute atomic E-state index is 2.37. The van der Waals surface area contributed by atoms with Crippen molar-refractivity contribution in [2.75, 3.05) is 0 Å². The Labute approximate surface area is 865 Å². The van der Waals surface area contributed by atoms with E-state index in [-0.39, 0.29) is 21.7 Å². The molecule has 0 unspecified atom stereocenters. The lowest BCUT2D eigenvalue weighted by atomic mass is 9.68. The van der Waals surface area contributed by atoms with E-state index in [0.29, 0.717) is 0 Å². The van der Waals surface area contributed by atoms with Crippen LogP contribution in [-0.2, 0) is 21.7 Å². The summed E-state index contributed by atoms with van der Waals surface area (Å²) in [5.74, 6) is 0. The van der Waals surface area contributed by atoms with Crippen molar-refractivity contribution >= 4 is 21.5 Å². The average molecular weight is 1880 g/mol. The summed E-state index contributed by atoms with van der Waals surface area (Å²) in [6.07, 6.45) is 0. The zero-order valence-electron chi connectivity index (χ0n) is 82.8. The van der Waals surface area contributed by atoms with Crippen molar-refractivity contribution in [3.63, 3.8) is 0 Å². The minimum Gasteiger partial charge on any atom is -0.0619 e. The van der Waals surface area contributed by atoms with Crippen LogP contribution in [0.25, 0.3) is 177 Å². The highest BCUT2D eigenvalue weighted by atomic mass is 14.6. The molecular weight excluding hydrogens is 1780 g/mol. The van der Waals surface area contributed by atoms with Gasteiger partial charge in [0.2, 0.25) is 0 Å². The lowest BCUT2D eigenvalue weighted by Gasteiger charge is -2.32. The number of rotatable bonds is 6. The van der Waals surface area contributed by atoms with Crippen molar-refractivity contribution in [2.45, 2.75) is 49.4 Å². The SMILES string of the molecule is Cc1ccc(-c2ccc(-c3cccc4c3C3(c5ccccc5-c5ccccc53)c3ccccc3-4)cc2)cc1.Cc1ccc(-c2cccc3c2C2(c4ccccc4-c4ccccc42)c2ccccc2-3)c2ccccc12.Cc1ccc2cc(-c3cccc4c3C3(c5ccccc5-c5ccccc53)c3ccccc3-4)ccc2c1.Cc1cccc(-c2ccc(-c3cccc4c3C3(c5ccccc5-c5ccccc53)c3ccccc3-4)cc2)c1. The van der Waals surface area contributed by atoms with Crippen LogP contribution in [0.4, 0.5) is 0 Å². The molecular formula is C148H100. The van der Waals surface area contributed by atoms with Gasteiger partial charge >= 0.3 is 0 Å². The zero-order valence-corrected chi connectivity index (χ0v) is 82.8. The van der Waals surface area contributed by atoms with Crippen LogP contribution < -0.4 is 0 Å². The summed E-state index contributed by atoms with van der Waals surface area (Å²) < 4.78 is 0. The molecule has 24 aromatic rings. The number of benzene rings is 24. The molecule has 24 aromatic carbocycles. The van der Waals surface area contributed by atoms with Gasteiger partial charge in [0.15, 0.2) is 0 Å². The first kappa shape index (κ1) is 86.5. The van der Waals surface area contributed by atoms with Gasteiger partial charge in [-0.1, -0.05) is 544 Å². The van der Waals surface area contributed by atoms with Gasteiger partial charge in [0.25, 0.3) is 0 Å². The predicted octanol–water partition coefficient (Wildman–Crippen LogP) is 37.7. The lowest BCUT2D eigenvalue weighted by molar-refractivity contribution is 0.796. The van der Waals surface area contributed by atoms with E-state index in [1.54, 1.807) is 0 Å². The van der Waals surface area contributed by atoms with Gasteiger partial charge in [-0.2, -0.15) is 0 Å². The molecule has 4 spiro atoms. The molecule has 0 amide bonds. The van der Waals surface area contributed by atoms with Crippen molar-refractivity contribution in [1.29, 1.82) is 0 Å². The Morgan fingerprint density at radius 1 is 0.115 bits per heavy atom. The second kappa shape index (κ2) is 33.7. The largest absolute Gasteiger partial charge is 0.0731 e. The first-order valence-electron chi connectivity index (χ1n) is 52.2. The molecule has 0 heteroatoms. The molecule has 0 saturated heterocycles. The summed E-state index contributed by atoms with van der Waals surface area (Å²) >= 11 is 0. The molecule has 0 nitrogen and oxygen atoms in total. The number of aryl methyl sites for hydroxylation is 4. The van der Waals surface area contributed by atoms with E-state index in [4.69, 9.17) is 0 Å². The minimum absolute atomic E-state index is 0.321. The molecule has 0 aliphatic heterocycles. The molecule has 0 radical (unpaired) electrons. The van der Waals surface area contributed by atoms with Crippen molar-refractivity contribution in [3.8, 4) is 156 Å². The normalized spacial score (nSPS) is 13.8. The van der Waals surface area contributed by atoms with Crippen molar-refractivity contribution in [1.82, 2.24) is 0 Å². The minimum atomic E-state index is -0.332. The zero-order chi connectivity index (χ0) is 98.2. The highest BCUT2D eigenvalue weighted by Gasteiger charge is 2.58. The maximum Gasteiger partial charge on any atom is 0.0731 e. The van der Waals surface area contributed by atoms with Gasteiger partial charge in [-0.25, -0.2) is 0 Å². The van der Waals surface area contributed by atoms with Crippen LogP contribution in [0.1, 0.15) is 111 Å². The molecule has 32 rings (SSSR count). The Balaban J connectivity index is 0.0000000930. The van der Waals surface area contributed by atoms with Crippen LogP contribution in [0, 0.1) is 27.7 Å². The molecule has 0 aromatic heterocycles. The Morgan fingerprint density at radius 3 is 0.662 bits per heavy atom. The second-order valence-corrected chi connectivity index (χ2v) is 41.4. The lowest BCUT2D eigenvalue weighted by Crippen LogP contribution is -2.26. The third-order valence-corrected chi connectivity index (χ3v) is 33.9. The van der Waals surface area contributed by atoms with Gasteiger partial charge in [0.05, 0.1) is 21.7 Å². The Hall–Kier alpha value is -18.2. The predicted molar refractivity (Wildman–Crippen MR) is 618 cm³/mol. The highest BCUT2D eigenvalue weighted by molar-refractivity contribution is 6.08. The molecule has 148 heavy (non-hydrogen) atoms. The number of hydrogen-bond acceptors (Lipinski definition) is 0. The Kier molecular flexibility index (Phi) is 19.7.